The molecule has 3 rings (SSSR count). The van der Waals surface area contributed by atoms with Crippen LogP contribution in [-0.4, -0.2) is 21.3 Å². The molecular formula is C21H30N2OS. The molecule has 4 heteroatoms. The van der Waals surface area contributed by atoms with Crippen LogP contribution in [0.3, 0.4) is 0 Å². The van der Waals surface area contributed by atoms with Crippen molar-refractivity contribution in [3.63, 3.8) is 0 Å². The summed E-state index contributed by atoms with van der Waals surface area (Å²) < 4.78 is 2.45. The maximum absolute atomic E-state index is 9.25. The van der Waals surface area contributed by atoms with Crippen LogP contribution in [0.4, 0.5) is 0 Å². The Labute approximate surface area is 155 Å². The number of hydrogen-bond donors (Lipinski definition) is 1. The molecule has 3 nitrogen and oxygen atoms in total. The van der Waals surface area contributed by atoms with Crippen LogP contribution >= 0.6 is 11.8 Å². The molecule has 0 amide bonds. The van der Waals surface area contributed by atoms with E-state index in [1.54, 1.807) is 0 Å². The van der Waals surface area contributed by atoms with Gasteiger partial charge in [0.25, 0.3) is 0 Å². The Morgan fingerprint density at radius 3 is 2.44 bits per heavy atom. The Bertz CT molecular complexity index is 711. The van der Waals surface area contributed by atoms with Crippen molar-refractivity contribution in [3.8, 4) is 0 Å². The Balaban J connectivity index is 1.99. The van der Waals surface area contributed by atoms with Crippen molar-refractivity contribution in [2.75, 3.05) is 6.61 Å². The van der Waals surface area contributed by atoms with Crippen LogP contribution < -0.4 is 0 Å². The molecule has 136 valence electrons. The largest absolute Gasteiger partial charge is 0.396 e. The first-order valence-corrected chi connectivity index (χ1v) is 10.3. The molecule has 2 aromatic rings. The maximum Gasteiger partial charge on any atom is 0.109 e. The van der Waals surface area contributed by atoms with Gasteiger partial charge in [-0.25, -0.2) is 4.98 Å². The predicted octanol–water partition coefficient (Wildman–Crippen LogP) is 5.11. The van der Waals surface area contributed by atoms with E-state index in [2.05, 4.69) is 50.5 Å². The molecular weight excluding hydrogens is 328 g/mol. The molecule has 0 atom stereocenters. The van der Waals surface area contributed by atoms with Crippen molar-refractivity contribution in [2.45, 2.75) is 75.8 Å². The summed E-state index contributed by atoms with van der Waals surface area (Å²) in [6.45, 7) is 10.1. The average molecular weight is 359 g/mol. The molecule has 0 unspecified atom stereocenters. The summed E-state index contributed by atoms with van der Waals surface area (Å²) in [6.07, 6.45) is 4.31. The Hall–Kier alpha value is -1.26. The summed E-state index contributed by atoms with van der Waals surface area (Å²) in [5.41, 5.74) is 3.82. The number of aliphatic hydroxyl groups excluding tert-OH is 1. The quantitative estimate of drug-likeness (QED) is 0.712. The third-order valence-corrected chi connectivity index (χ3v) is 5.77. The van der Waals surface area contributed by atoms with E-state index in [1.807, 2.05) is 11.8 Å². The van der Waals surface area contributed by atoms with Gasteiger partial charge in [0.1, 0.15) is 10.9 Å². The summed E-state index contributed by atoms with van der Waals surface area (Å²) >= 11 is 1.86. The van der Waals surface area contributed by atoms with Crippen molar-refractivity contribution >= 4 is 11.8 Å². The van der Waals surface area contributed by atoms with Gasteiger partial charge in [-0.05, 0) is 68.2 Å². The standard InChI is InChI=1S/C21H30N2OS/c1-14(2)20-21(25-18-11-15(3)10-16(4)12-18)23(13-17-7-8-17)19(22-20)6-5-9-24/h10-12,14,17,24H,5-9,13H2,1-4H3. The van der Waals surface area contributed by atoms with Crippen LogP contribution in [0.1, 0.15) is 61.7 Å². The molecule has 0 saturated heterocycles. The van der Waals surface area contributed by atoms with Gasteiger partial charge in [0.05, 0.1) is 5.69 Å². The van der Waals surface area contributed by atoms with E-state index in [1.165, 1.54) is 39.6 Å². The predicted molar refractivity (Wildman–Crippen MR) is 104 cm³/mol. The smallest absolute Gasteiger partial charge is 0.109 e. The number of benzene rings is 1. The van der Waals surface area contributed by atoms with Crippen molar-refractivity contribution in [1.82, 2.24) is 9.55 Å². The third kappa shape index (κ3) is 4.68. The first-order chi connectivity index (χ1) is 12.0. The summed E-state index contributed by atoms with van der Waals surface area (Å²) in [4.78, 5) is 6.30. The van der Waals surface area contributed by atoms with Crippen molar-refractivity contribution in [2.24, 2.45) is 5.92 Å². The second-order valence-corrected chi connectivity index (χ2v) is 8.74. The fourth-order valence-corrected chi connectivity index (χ4v) is 4.65. The van der Waals surface area contributed by atoms with E-state index in [9.17, 15) is 5.11 Å². The minimum absolute atomic E-state index is 0.229. The molecule has 0 bridgehead atoms. The minimum atomic E-state index is 0.229. The number of aliphatic hydroxyl groups is 1. The van der Waals surface area contributed by atoms with Gasteiger partial charge in [0.2, 0.25) is 0 Å². The highest BCUT2D eigenvalue weighted by Crippen LogP contribution is 2.39. The lowest BCUT2D eigenvalue weighted by molar-refractivity contribution is 0.286. The second kappa shape index (κ2) is 7.96. The highest BCUT2D eigenvalue weighted by molar-refractivity contribution is 7.99. The van der Waals surface area contributed by atoms with Crippen molar-refractivity contribution in [1.29, 1.82) is 0 Å². The van der Waals surface area contributed by atoms with E-state index in [-0.39, 0.29) is 6.61 Å². The normalized spacial score (nSPS) is 14.5. The van der Waals surface area contributed by atoms with Crippen LogP contribution in [0.5, 0.6) is 0 Å². The first-order valence-electron chi connectivity index (χ1n) is 9.44. The Morgan fingerprint density at radius 2 is 1.88 bits per heavy atom. The molecule has 1 aliphatic carbocycles. The number of aryl methyl sites for hydroxylation is 3. The van der Waals surface area contributed by atoms with E-state index >= 15 is 0 Å². The van der Waals surface area contributed by atoms with Gasteiger partial charge in [-0.15, -0.1) is 0 Å². The summed E-state index contributed by atoms with van der Waals surface area (Å²) in [5.74, 6) is 2.36. The number of aromatic nitrogens is 2. The molecule has 1 aromatic carbocycles. The second-order valence-electron chi connectivity index (χ2n) is 7.68. The monoisotopic (exact) mass is 358 g/mol. The topological polar surface area (TPSA) is 38.1 Å². The highest BCUT2D eigenvalue weighted by Gasteiger charge is 2.27. The molecule has 1 fully saturated rings. The molecule has 1 N–H and O–H groups in total. The zero-order chi connectivity index (χ0) is 18.0. The molecule has 1 aromatic heterocycles. The van der Waals surface area contributed by atoms with Crippen LogP contribution in [0, 0.1) is 19.8 Å². The zero-order valence-electron chi connectivity index (χ0n) is 15.9. The fraction of sp³-hybridized carbons (Fsp3) is 0.571. The molecule has 0 aliphatic heterocycles. The van der Waals surface area contributed by atoms with Gasteiger partial charge in [-0.3, -0.25) is 0 Å². The average Bonchev–Trinajstić information content (AvgIpc) is 3.28. The number of hydrogen-bond acceptors (Lipinski definition) is 3. The first kappa shape index (κ1) is 18.5. The zero-order valence-corrected chi connectivity index (χ0v) is 16.7. The molecule has 1 saturated carbocycles. The minimum Gasteiger partial charge on any atom is -0.396 e. The summed E-state index contributed by atoms with van der Waals surface area (Å²) in [5, 5.41) is 10.6. The van der Waals surface area contributed by atoms with Crippen LogP contribution in [0.15, 0.2) is 28.1 Å². The van der Waals surface area contributed by atoms with Crippen molar-refractivity contribution < 1.29 is 5.11 Å². The molecule has 0 radical (unpaired) electrons. The van der Waals surface area contributed by atoms with Gasteiger partial charge < -0.3 is 9.67 Å². The molecule has 1 aliphatic rings. The number of rotatable bonds is 8. The van der Waals surface area contributed by atoms with Gasteiger partial charge in [-0.2, -0.15) is 0 Å². The molecule has 1 heterocycles. The van der Waals surface area contributed by atoms with E-state index < -0.39 is 0 Å². The Morgan fingerprint density at radius 1 is 1.20 bits per heavy atom. The van der Waals surface area contributed by atoms with Crippen LogP contribution in [-0.2, 0) is 13.0 Å². The lowest BCUT2D eigenvalue weighted by Crippen LogP contribution is -2.07. The number of nitrogens with zero attached hydrogens (tertiary/aromatic N) is 2. The van der Waals surface area contributed by atoms with E-state index in [4.69, 9.17) is 4.98 Å². The summed E-state index contributed by atoms with van der Waals surface area (Å²) in [6, 6.07) is 6.76. The van der Waals surface area contributed by atoms with Crippen LogP contribution in [0.25, 0.3) is 0 Å². The SMILES string of the molecule is Cc1cc(C)cc(Sc2c(C(C)C)nc(CCCO)n2CC2CC2)c1. The fourth-order valence-electron chi connectivity index (χ4n) is 3.26. The van der Waals surface area contributed by atoms with Gasteiger partial charge in [0.15, 0.2) is 0 Å². The molecule has 0 spiro atoms. The third-order valence-electron chi connectivity index (χ3n) is 4.68. The lowest BCUT2D eigenvalue weighted by Gasteiger charge is -2.13. The highest BCUT2D eigenvalue weighted by atomic mass is 32.2. The molecule has 25 heavy (non-hydrogen) atoms. The maximum atomic E-state index is 9.25. The van der Waals surface area contributed by atoms with Crippen LogP contribution in [0.2, 0.25) is 0 Å². The number of imidazole rings is 1. The Kier molecular flexibility index (Phi) is 5.90. The van der Waals surface area contributed by atoms with E-state index in [0.717, 1.165) is 31.1 Å². The van der Waals surface area contributed by atoms with Gasteiger partial charge in [-0.1, -0.05) is 31.7 Å². The van der Waals surface area contributed by atoms with Gasteiger partial charge >= 0.3 is 0 Å². The van der Waals surface area contributed by atoms with Gasteiger partial charge in [0, 0.05) is 24.5 Å². The van der Waals surface area contributed by atoms with Crippen molar-refractivity contribution in [3.05, 3.63) is 40.8 Å². The summed E-state index contributed by atoms with van der Waals surface area (Å²) in [7, 11) is 0. The van der Waals surface area contributed by atoms with E-state index in [0.29, 0.717) is 5.92 Å². The lowest BCUT2D eigenvalue weighted by atomic mass is 10.1.